The molecular formula is C11H13N5O2. The Bertz CT molecular complexity index is 590. The van der Waals surface area contributed by atoms with Gasteiger partial charge in [0.05, 0.1) is 17.9 Å². The van der Waals surface area contributed by atoms with Crippen LogP contribution in [0.3, 0.4) is 0 Å². The molecule has 0 bridgehead atoms. The predicted molar refractivity (Wildman–Crippen MR) is 65.9 cm³/mol. The number of nitrogens with one attached hydrogen (secondary N) is 2. The molecule has 7 heteroatoms. The molecule has 0 radical (unpaired) electrons. The number of carbonyl (C=O) groups is 1. The van der Waals surface area contributed by atoms with E-state index in [0.717, 1.165) is 12.8 Å². The first-order chi connectivity index (χ1) is 8.74. The first-order valence-corrected chi connectivity index (χ1v) is 5.78. The minimum Gasteiger partial charge on any atom is -0.397 e. The lowest BCUT2D eigenvalue weighted by atomic mass is 10.2. The summed E-state index contributed by atoms with van der Waals surface area (Å²) in [6.45, 7) is 0.197. The van der Waals surface area contributed by atoms with Gasteiger partial charge in [-0.05, 0) is 35.3 Å². The van der Waals surface area contributed by atoms with Gasteiger partial charge in [-0.15, -0.1) is 0 Å². The number of carbonyl (C=O) groups excluding carboxylic acids is 1. The fourth-order valence-electron chi connectivity index (χ4n) is 1.71. The zero-order chi connectivity index (χ0) is 12.5. The third kappa shape index (κ3) is 2.06. The van der Waals surface area contributed by atoms with E-state index < -0.39 is 0 Å². The molecule has 1 aliphatic carbocycles. The molecule has 1 saturated carbocycles. The maximum atomic E-state index is 11.6. The quantitative estimate of drug-likeness (QED) is 0.679. The number of nitrogen functional groups attached to an aromatic ring is 1. The highest BCUT2D eigenvalue weighted by atomic mass is 16.6. The van der Waals surface area contributed by atoms with Gasteiger partial charge in [-0.1, -0.05) is 0 Å². The van der Waals surface area contributed by atoms with Crippen LogP contribution in [-0.2, 0) is 4.79 Å². The molecule has 1 heterocycles. The van der Waals surface area contributed by atoms with Gasteiger partial charge in [0, 0.05) is 6.04 Å². The number of anilines is 2. The monoisotopic (exact) mass is 247 g/mol. The Kier molecular flexibility index (Phi) is 2.51. The van der Waals surface area contributed by atoms with E-state index in [1.807, 2.05) is 0 Å². The van der Waals surface area contributed by atoms with Crippen LogP contribution in [0.4, 0.5) is 11.4 Å². The third-order valence-electron chi connectivity index (χ3n) is 2.83. The summed E-state index contributed by atoms with van der Waals surface area (Å²) in [5.74, 6) is -0.0288. The van der Waals surface area contributed by atoms with Crippen LogP contribution in [0.5, 0.6) is 0 Å². The summed E-state index contributed by atoms with van der Waals surface area (Å²) in [6, 6.07) is 3.82. The Balaban J connectivity index is 1.72. The second-order valence-electron chi connectivity index (χ2n) is 4.36. The van der Waals surface area contributed by atoms with Gasteiger partial charge in [-0.2, -0.15) is 0 Å². The lowest BCUT2D eigenvalue weighted by Crippen LogP contribution is -2.31. The minimum absolute atomic E-state index is 0.0288. The Morgan fingerprint density at radius 3 is 2.94 bits per heavy atom. The van der Waals surface area contributed by atoms with E-state index in [-0.39, 0.29) is 12.5 Å². The summed E-state index contributed by atoms with van der Waals surface area (Å²) in [4.78, 5) is 11.6. The van der Waals surface area contributed by atoms with E-state index in [0.29, 0.717) is 28.5 Å². The molecule has 0 aliphatic heterocycles. The Labute approximate surface area is 103 Å². The van der Waals surface area contributed by atoms with Crippen LogP contribution in [0, 0.1) is 0 Å². The van der Waals surface area contributed by atoms with Crippen LogP contribution >= 0.6 is 0 Å². The van der Waals surface area contributed by atoms with Gasteiger partial charge < -0.3 is 16.4 Å². The Hall–Kier alpha value is -2.31. The molecule has 94 valence electrons. The van der Waals surface area contributed by atoms with Crippen molar-refractivity contribution in [2.24, 2.45) is 0 Å². The zero-order valence-electron chi connectivity index (χ0n) is 9.64. The lowest BCUT2D eigenvalue weighted by Gasteiger charge is -2.07. The Morgan fingerprint density at radius 1 is 1.39 bits per heavy atom. The first kappa shape index (κ1) is 10.8. The van der Waals surface area contributed by atoms with Crippen LogP contribution in [0.2, 0.25) is 0 Å². The van der Waals surface area contributed by atoms with E-state index in [4.69, 9.17) is 5.73 Å². The maximum Gasteiger partial charge on any atom is 0.239 e. The summed E-state index contributed by atoms with van der Waals surface area (Å²) in [7, 11) is 0. The smallest absolute Gasteiger partial charge is 0.239 e. The van der Waals surface area contributed by atoms with E-state index in [9.17, 15) is 4.79 Å². The summed E-state index contributed by atoms with van der Waals surface area (Å²) in [5.41, 5.74) is 7.95. The number of amides is 1. The molecule has 1 amide bonds. The van der Waals surface area contributed by atoms with Gasteiger partial charge in [0.1, 0.15) is 0 Å². The fraction of sp³-hybridized carbons (Fsp3) is 0.364. The molecule has 0 spiro atoms. The van der Waals surface area contributed by atoms with Crippen LogP contribution in [-0.4, -0.2) is 28.8 Å². The van der Waals surface area contributed by atoms with Gasteiger partial charge in [0.15, 0.2) is 11.0 Å². The normalized spacial score (nSPS) is 14.7. The van der Waals surface area contributed by atoms with Crippen molar-refractivity contribution in [3.05, 3.63) is 12.1 Å². The topological polar surface area (TPSA) is 106 Å². The molecule has 18 heavy (non-hydrogen) atoms. The second-order valence-corrected chi connectivity index (χ2v) is 4.36. The van der Waals surface area contributed by atoms with Gasteiger partial charge in [0.2, 0.25) is 5.91 Å². The lowest BCUT2D eigenvalue weighted by molar-refractivity contribution is -0.119. The zero-order valence-corrected chi connectivity index (χ0v) is 9.64. The van der Waals surface area contributed by atoms with Crippen molar-refractivity contribution in [1.29, 1.82) is 0 Å². The molecule has 0 atom stereocenters. The third-order valence-corrected chi connectivity index (χ3v) is 2.83. The molecule has 0 unspecified atom stereocenters. The van der Waals surface area contributed by atoms with Crippen molar-refractivity contribution >= 4 is 28.3 Å². The maximum absolute atomic E-state index is 11.6. The molecule has 1 aromatic heterocycles. The number of nitrogens with two attached hydrogens (primary N) is 1. The summed E-state index contributed by atoms with van der Waals surface area (Å²) in [6.07, 6.45) is 2.15. The average molecular weight is 247 g/mol. The molecular weight excluding hydrogens is 234 g/mol. The van der Waals surface area contributed by atoms with E-state index >= 15 is 0 Å². The van der Waals surface area contributed by atoms with Crippen molar-refractivity contribution < 1.29 is 9.42 Å². The summed E-state index contributed by atoms with van der Waals surface area (Å²) >= 11 is 0. The molecule has 1 fully saturated rings. The standard InChI is InChI=1S/C11H13N5O2/c12-7-3-4-8(11-10(7)15-18-16-11)13-5-9(17)14-6-1-2-6/h3-4,6,13H,1-2,5,12H2,(H,14,17). The summed E-state index contributed by atoms with van der Waals surface area (Å²) in [5, 5.41) is 13.4. The van der Waals surface area contributed by atoms with Crippen LogP contribution in [0.25, 0.3) is 11.0 Å². The van der Waals surface area contributed by atoms with Crippen molar-refractivity contribution in [2.75, 3.05) is 17.6 Å². The molecule has 1 aromatic carbocycles. The van der Waals surface area contributed by atoms with Crippen LogP contribution < -0.4 is 16.4 Å². The summed E-state index contributed by atoms with van der Waals surface area (Å²) < 4.78 is 4.65. The van der Waals surface area contributed by atoms with Gasteiger partial charge in [-0.3, -0.25) is 4.79 Å². The number of fused-ring (bicyclic) bond motifs is 1. The van der Waals surface area contributed by atoms with Crippen LogP contribution in [0.15, 0.2) is 16.8 Å². The number of benzene rings is 1. The average Bonchev–Trinajstić information content (AvgIpc) is 3.02. The van der Waals surface area contributed by atoms with E-state index in [1.165, 1.54) is 0 Å². The minimum atomic E-state index is -0.0288. The number of hydrogen-bond donors (Lipinski definition) is 3. The van der Waals surface area contributed by atoms with Crippen LogP contribution in [0.1, 0.15) is 12.8 Å². The number of nitrogens with zero attached hydrogens (tertiary/aromatic N) is 2. The molecule has 7 nitrogen and oxygen atoms in total. The van der Waals surface area contributed by atoms with Crippen molar-refractivity contribution in [2.45, 2.75) is 18.9 Å². The molecule has 0 saturated heterocycles. The number of rotatable bonds is 4. The van der Waals surface area contributed by atoms with Crippen molar-refractivity contribution in [1.82, 2.24) is 15.6 Å². The molecule has 1 aliphatic rings. The molecule has 3 rings (SSSR count). The van der Waals surface area contributed by atoms with Crippen molar-refractivity contribution in [3.63, 3.8) is 0 Å². The second kappa shape index (κ2) is 4.17. The van der Waals surface area contributed by atoms with E-state index in [2.05, 4.69) is 25.6 Å². The largest absolute Gasteiger partial charge is 0.397 e. The highest BCUT2D eigenvalue weighted by molar-refractivity contribution is 5.96. The van der Waals surface area contributed by atoms with E-state index in [1.54, 1.807) is 12.1 Å². The number of hydrogen-bond acceptors (Lipinski definition) is 6. The predicted octanol–water partition coefficient (Wildman–Crippen LogP) is 0.495. The molecule has 2 aromatic rings. The Morgan fingerprint density at radius 2 is 2.17 bits per heavy atom. The van der Waals surface area contributed by atoms with Gasteiger partial charge in [0.25, 0.3) is 0 Å². The SMILES string of the molecule is Nc1ccc(NCC(=O)NC2CC2)c2nonc12. The van der Waals surface area contributed by atoms with Gasteiger partial charge >= 0.3 is 0 Å². The fourth-order valence-corrected chi connectivity index (χ4v) is 1.71. The highest BCUT2D eigenvalue weighted by Gasteiger charge is 2.23. The van der Waals surface area contributed by atoms with Crippen molar-refractivity contribution in [3.8, 4) is 0 Å². The van der Waals surface area contributed by atoms with Gasteiger partial charge in [-0.25, -0.2) is 4.63 Å². The number of aromatic nitrogens is 2. The first-order valence-electron chi connectivity index (χ1n) is 5.78. The molecule has 4 N–H and O–H groups in total. The highest BCUT2D eigenvalue weighted by Crippen LogP contribution is 2.25.